The first-order valence-electron chi connectivity index (χ1n) is 6.05. The van der Waals surface area contributed by atoms with Crippen LogP contribution < -0.4 is 11.2 Å². The van der Waals surface area contributed by atoms with Crippen LogP contribution in [0.1, 0.15) is 20.3 Å². The average Bonchev–Trinajstić information content (AvgIpc) is 2.36. The quantitative estimate of drug-likeness (QED) is 0.736. The summed E-state index contributed by atoms with van der Waals surface area (Å²) in [6.45, 7) is 4.66. The van der Waals surface area contributed by atoms with Crippen LogP contribution in [-0.2, 0) is 17.9 Å². The van der Waals surface area contributed by atoms with E-state index in [0.29, 0.717) is 13.1 Å². The van der Waals surface area contributed by atoms with E-state index >= 15 is 0 Å². The highest BCUT2D eigenvalue weighted by Crippen LogP contribution is 1.88. The van der Waals surface area contributed by atoms with Gasteiger partial charge in [-0.1, -0.05) is 6.92 Å². The maximum atomic E-state index is 12.0. The second kappa shape index (κ2) is 6.18. The number of amides is 1. The minimum Gasteiger partial charge on any atom is -0.344 e. The molecule has 0 bridgehead atoms. The third-order valence-corrected chi connectivity index (χ3v) is 2.80. The molecule has 1 heterocycles. The Morgan fingerprint density at radius 2 is 2.00 bits per heavy atom. The summed E-state index contributed by atoms with van der Waals surface area (Å²) in [7, 11) is 1.64. The summed E-state index contributed by atoms with van der Waals surface area (Å²) in [5.41, 5.74) is -0.868. The Labute approximate surface area is 105 Å². The van der Waals surface area contributed by atoms with Gasteiger partial charge in [-0.25, -0.2) is 4.79 Å². The lowest BCUT2D eigenvalue weighted by molar-refractivity contribution is -0.130. The summed E-state index contributed by atoms with van der Waals surface area (Å²) in [5.74, 6) is -0.244. The van der Waals surface area contributed by atoms with E-state index < -0.39 is 11.2 Å². The van der Waals surface area contributed by atoms with Gasteiger partial charge in [0.1, 0.15) is 6.54 Å². The molecule has 0 radical (unpaired) electrons. The van der Waals surface area contributed by atoms with Gasteiger partial charge < -0.3 is 9.47 Å². The molecular formula is C12H19N3O3. The van der Waals surface area contributed by atoms with Crippen molar-refractivity contribution in [1.29, 1.82) is 0 Å². The van der Waals surface area contributed by atoms with Crippen LogP contribution >= 0.6 is 0 Å². The lowest BCUT2D eigenvalue weighted by Crippen LogP contribution is -2.43. The van der Waals surface area contributed by atoms with E-state index in [1.54, 1.807) is 7.05 Å². The van der Waals surface area contributed by atoms with Crippen LogP contribution in [0.25, 0.3) is 0 Å². The van der Waals surface area contributed by atoms with Crippen molar-refractivity contribution < 1.29 is 4.79 Å². The van der Waals surface area contributed by atoms with Crippen LogP contribution in [0.3, 0.4) is 0 Å². The van der Waals surface area contributed by atoms with Crippen LogP contribution in [0, 0.1) is 0 Å². The first kappa shape index (κ1) is 14.2. The molecular weight excluding hydrogens is 234 g/mol. The molecule has 6 nitrogen and oxygen atoms in total. The fourth-order valence-electron chi connectivity index (χ4n) is 1.55. The van der Waals surface area contributed by atoms with Crippen molar-refractivity contribution in [3.8, 4) is 0 Å². The van der Waals surface area contributed by atoms with Gasteiger partial charge in [-0.15, -0.1) is 0 Å². The monoisotopic (exact) mass is 253 g/mol. The third kappa shape index (κ3) is 3.09. The van der Waals surface area contributed by atoms with E-state index in [9.17, 15) is 14.4 Å². The van der Waals surface area contributed by atoms with Crippen LogP contribution in [0.2, 0.25) is 0 Å². The third-order valence-electron chi connectivity index (χ3n) is 2.80. The second-order valence-corrected chi connectivity index (χ2v) is 4.12. The number of carbonyl (C=O) groups excluding carboxylic acids is 1. The van der Waals surface area contributed by atoms with E-state index in [0.717, 1.165) is 11.0 Å². The highest BCUT2D eigenvalue weighted by atomic mass is 16.2. The van der Waals surface area contributed by atoms with Gasteiger partial charge in [-0.2, -0.15) is 0 Å². The minimum absolute atomic E-state index is 0.202. The molecule has 0 aliphatic heterocycles. The Morgan fingerprint density at radius 1 is 1.33 bits per heavy atom. The lowest BCUT2D eigenvalue weighted by atomic mass is 10.4. The molecule has 1 rings (SSSR count). The van der Waals surface area contributed by atoms with Crippen LogP contribution in [0.4, 0.5) is 0 Å². The lowest BCUT2D eigenvalue weighted by Gasteiger charge is -2.15. The zero-order valence-corrected chi connectivity index (χ0v) is 11.0. The summed E-state index contributed by atoms with van der Waals surface area (Å²) >= 11 is 0. The standard InChI is InChI=1S/C12H19N3O3/c1-4-7-14-8-6-10(16)15(12(14)18)9-11(17)13(3)5-2/h6,8H,4-5,7,9H2,1-3H3. The molecule has 0 saturated heterocycles. The molecule has 0 N–H and O–H groups in total. The predicted molar refractivity (Wildman–Crippen MR) is 68.6 cm³/mol. The number of hydrogen-bond acceptors (Lipinski definition) is 3. The number of hydrogen-bond donors (Lipinski definition) is 0. The maximum Gasteiger partial charge on any atom is 0.331 e. The Kier molecular flexibility index (Phi) is 4.88. The molecule has 0 aromatic carbocycles. The number of rotatable bonds is 5. The van der Waals surface area contributed by atoms with Gasteiger partial charge in [0.15, 0.2) is 0 Å². The van der Waals surface area contributed by atoms with Crippen LogP contribution in [0.15, 0.2) is 21.9 Å². The number of aryl methyl sites for hydroxylation is 1. The van der Waals surface area contributed by atoms with Gasteiger partial charge in [-0.3, -0.25) is 14.2 Å². The SMILES string of the molecule is CCCn1ccc(=O)n(CC(=O)N(C)CC)c1=O. The van der Waals surface area contributed by atoms with Crippen molar-refractivity contribution in [3.63, 3.8) is 0 Å². The minimum atomic E-state index is -0.440. The summed E-state index contributed by atoms with van der Waals surface area (Å²) in [4.78, 5) is 36.8. The molecule has 0 aliphatic carbocycles. The zero-order valence-electron chi connectivity index (χ0n) is 11.0. The summed E-state index contributed by atoms with van der Waals surface area (Å²) in [6, 6.07) is 1.32. The largest absolute Gasteiger partial charge is 0.344 e. The van der Waals surface area contributed by atoms with E-state index in [-0.39, 0.29) is 12.5 Å². The van der Waals surface area contributed by atoms with Crippen molar-refractivity contribution in [1.82, 2.24) is 14.0 Å². The normalized spacial score (nSPS) is 10.4. The molecule has 0 spiro atoms. The molecule has 0 fully saturated rings. The molecule has 0 atom stereocenters. The first-order valence-corrected chi connectivity index (χ1v) is 6.05. The van der Waals surface area contributed by atoms with Crippen LogP contribution in [-0.4, -0.2) is 33.5 Å². The van der Waals surface area contributed by atoms with E-state index in [4.69, 9.17) is 0 Å². The van der Waals surface area contributed by atoms with Crippen molar-refractivity contribution >= 4 is 5.91 Å². The van der Waals surface area contributed by atoms with Crippen molar-refractivity contribution in [3.05, 3.63) is 33.1 Å². The zero-order chi connectivity index (χ0) is 13.7. The van der Waals surface area contributed by atoms with Crippen molar-refractivity contribution in [2.24, 2.45) is 0 Å². The molecule has 1 aromatic rings. The maximum absolute atomic E-state index is 12.0. The molecule has 0 unspecified atom stereocenters. The molecule has 0 aliphatic rings. The van der Waals surface area contributed by atoms with Gasteiger partial charge in [0.05, 0.1) is 0 Å². The molecule has 1 aromatic heterocycles. The molecule has 100 valence electrons. The molecule has 18 heavy (non-hydrogen) atoms. The number of nitrogens with zero attached hydrogens (tertiary/aromatic N) is 3. The van der Waals surface area contributed by atoms with Crippen molar-refractivity contribution in [2.45, 2.75) is 33.4 Å². The highest BCUT2D eigenvalue weighted by Gasteiger charge is 2.12. The Morgan fingerprint density at radius 3 is 2.56 bits per heavy atom. The molecule has 1 amide bonds. The molecule has 6 heteroatoms. The second-order valence-electron chi connectivity index (χ2n) is 4.12. The van der Waals surface area contributed by atoms with Crippen molar-refractivity contribution in [2.75, 3.05) is 13.6 Å². The smallest absolute Gasteiger partial charge is 0.331 e. The van der Waals surface area contributed by atoms with Gasteiger partial charge in [0, 0.05) is 32.4 Å². The topological polar surface area (TPSA) is 64.3 Å². The van der Waals surface area contributed by atoms with Gasteiger partial charge in [0.25, 0.3) is 5.56 Å². The number of likely N-dealkylation sites (N-methyl/N-ethyl adjacent to an activating group) is 1. The van der Waals surface area contributed by atoms with Gasteiger partial charge in [-0.05, 0) is 13.3 Å². The average molecular weight is 253 g/mol. The fourth-order valence-corrected chi connectivity index (χ4v) is 1.55. The Hall–Kier alpha value is -1.85. The first-order chi connectivity index (χ1) is 8.51. The van der Waals surface area contributed by atoms with E-state index in [1.807, 2.05) is 13.8 Å². The van der Waals surface area contributed by atoms with Gasteiger partial charge in [0.2, 0.25) is 5.91 Å². The Bertz CT molecular complexity index is 530. The van der Waals surface area contributed by atoms with E-state index in [2.05, 4.69) is 0 Å². The van der Waals surface area contributed by atoms with Gasteiger partial charge >= 0.3 is 5.69 Å². The number of aromatic nitrogens is 2. The summed E-state index contributed by atoms with van der Waals surface area (Å²) < 4.78 is 2.42. The van der Waals surface area contributed by atoms with Crippen LogP contribution in [0.5, 0.6) is 0 Å². The molecule has 0 saturated carbocycles. The summed E-state index contributed by atoms with van der Waals surface area (Å²) in [6.07, 6.45) is 2.26. The highest BCUT2D eigenvalue weighted by molar-refractivity contribution is 5.75. The Balaban J connectivity index is 3.09. The fraction of sp³-hybridized carbons (Fsp3) is 0.583. The predicted octanol–water partition coefficient (Wildman–Crippen LogP) is -0.102. The van der Waals surface area contributed by atoms with E-state index in [1.165, 1.54) is 21.7 Å². The number of carbonyl (C=O) groups is 1. The summed E-state index contributed by atoms with van der Waals surface area (Å²) in [5, 5.41) is 0.